The van der Waals surface area contributed by atoms with E-state index in [-0.39, 0.29) is 17.5 Å². The molecule has 0 aliphatic heterocycles. The van der Waals surface area contributed by atoms with Crippen molar-refractivity contribution in [1.82, 2.24) is 14.8 Å². The van der Waals surface area contributed by atoms with Gasteiger partial charge in [0.25, 0.3) is 0 Å². The van der Waals surface area contributed by atoms with Crippen LogP contribution >= 0.6 is 0 Å². The van der Waals surface area contributed by atoms with E-state index in [1.807, 2.05) is 6.92 Å². The Balaban J connectivity index is 2.24. The van der Waals surface area contributed by atoms with Gasteiger partial charge in [0.05, 0.1) is 12.0 Å². The van der Waals surface area contributed by atoms with Gasteiger partial charge in [-0.3, -0.25) is 4.79 Å². The molecule has 0 radical (unpaired) electrons. The lowest BCUT2D eigenvalue weighted by molar-refractivity contribution is 0.0985. The van der Waals surface area contributed by atoms with Crippen molar-refractivity contribution >= 4 is 5.78 Å². The van der Waals surface area contributed by atoms with Crippen molar-refractivity contribution in [2.24, 2.45) is 0 Å². The van der Waals surface area contributed by atoms with Crippen LogP contribution in [0, 0.1) is 18.6 Å². The van der Waals surface area contributed by atoms with E-state index in [1.165, 1.54) is 19.3 Å². The zero-order valence-corrected chi connectivity index (χ0v) is 11.4. The number of aryl methyl sites for hydroxylation is 2. The van der Waals surface area contributed by atoms with Crippen molar-refractivity contribution in [3.63, 3.8) is 0 Å². The van der Waals surface area contributed by atoms with Crippen LogP contribution < -0.4 is 0 Å². The van der Waals surface area contributed by atoms with E-state index in [9.17, 15) is 13.6 Å². The van der Waals surface area contributed by atoms with Gasteiger partial charge in [-0.15, -0.1) is 0 Å². The van der Waals surface area contributed by atoms with Crippen LogP contribution in [0.3, 0.4) is 0 Å². The number of hydrogen-bond donors (Lipinski definition) is 0. The summed E-state index contributed by atoms with van der Waals surface area (Å²) >= 11 is 0. The first-order valence-electron chi connectivity index (χ1n) is 6.38. The van der Waals surface area contributed by atoms with Crippen molar-refractivity contribution in [3.05, 3.63) is 47.0 Å². The molecule has 1 aromatic carbocycles. The van der Waals surface area contributed by atoms with Gasteiger partial charge in [-0.2, -0.15) is 5.10 Å². The van der Waals surface area contributed by atoms with Crippen molar-refractivity contribution in [1.29, 1.82) is 0 Å². The summed E-state index contributed by atoms with van der Waals surface area (Å²) < 4.78 is 28.5. The molecule has 0 spiro atoms. The fraction of sp³-hybridized carbons (Fsp3) is 0.357. The summed E-state index contributed by atoms with van der Waals surface area (Å²) in [6.07, 6.45) is 2.17. The maximum absolute atomic E-state index is 13.7. The Morgan fingerprint density at radius 2 is 2.05 bits per heavy atom. The highest BCUT2D eigenvalue weighted by Crippen LogP contribution is 2.16. The van der Waals surface area contributed by atoms with Gasteiger partial charge in [0.1, 0.15) is 23.8 Å². The molecule has 0 aliphatic carbocycles. The molecule has 0 N–H and O–H groups in total. The van der Waals surface area contributed by atoms with E-state index < -0.39 is 17.4 Å². The van der Waals surface area contributed by atoms with Crippen molar-refractivity contribution < 1.29 is 13.6 Å². The fourth-order valence-electron chi connectivity index (χ4n) is 1.93. The van der Waals surface area contributed by atoms with Gasteiger partial charge in [-0.25, -0.2) is 18.4 Å². The first-order valence-corrected chi connectivity index (χ1v) is 6.38. The maximum Gasteiger partial charge on any atom is 0.173 e. The molecule has 1 aromatic heterocycles. The summed E-state index contributed by atoms with van der Waals surface area (Å²) in [7, 11) is 0. The number of hydrogen-bond acceptors (Lipinski definition) is 3. The molecule has 6 heteroatoms. The Morgan fingerprint density at radius 1 is 1.30 bits per heavy atom. The summed E-state index contributed by atoms with van der Waals surface area (Å²) in [5.41, 5.74) is 0.125. The van der Waals surface area contributed by atoms with Gasteiger partial charge in [-0.1, -0.05) is 6.92 Å². The number of aromatic nitrogens is 3. The fourth-order valence-corrected chi connectivity index (χ4v) is 1.93. The molecule has 0 bridgehead atoms. The third-order valence-corrected chi connectivity index (χ3v) is 3.00. The molecule has 0 fully saturated rings. The molecule has 2 rings (SSSR count). The first kappa shape index (κ1) is 14.3. The average Bonchev–Trinajstić information content (AvgIpc) is 2.81. The second kappa shape index (κ2) is 5.90. The predicted molar refractivity (Wildman–Crippen MR) is 69.4 cm³/mol. The Kier molecular flexibility index (Phi) is 4.22. The smallest absolute Gasteiger partial charge is 0.173 e. The standard InChI is InChI=1S/C14H15F2N3O/c1-3-4-19-14(17-8-18-19)7-13(20)10-5-9(2)11(15)6-12(10)16/h5-6,8H,3-4,7H2,1-2H3. The van der Waals surface area contributed by atoms with Crippen LogP contribution in [-0.4, -0.2) is 20.5 Å². The molecule has 2 aromatic rings. The minimum Gasteiger partial charge on any atom is -0.294 e. The average molecular weight is 279 g/mol. The lowest BCUT2D eigenvalue weighted by Gasteiger charge is -2.06. The Hall–Kier alpha value is -2.11. The summed E-state index contributed by atoms with van der Waals surface area (Å²) in [4.78, 5) is 16.1. The van der Waals surface area contributed by atoms with Crippen LogP contribution in [0.25, 0.3) is 0 Å². The van der Waals surface area contributed by atoms with E-state index in [0.717, 1.165) is 12.5 Å². The summed E-state index contributed by atoms with van der Waals surface area (Å²) in [5.74, 6) is -1.46. The van der Waals surface area contributed by atoms with E-state index in [1.54, 1.807) is 4.68 Å². The highest BCUT2D eigenvalue weighted by atomic mass is 19.1. The molecule has 0 aliphatic rings. The molecule has 0 unspecified atom stereocenters. The van der Waals surface area contributed by atoms with Gasteiger partial charge in [0.2, 0.25) is 0 Å². The van der Waals surface area contributed by atoms with Crippen LogP contribution in [0.15, 0.2) is 18.5 Å². The molecule has 0 saturated carbocycles. The second-order valence-corrected chi connectivity index (χ2v) is 4.58. The quantitative estimate of drug-likeness (QED) is 0.791. The maximum atomic E-state index is 13.7. The Bertz CT molecular complexity index is 637. The van der Waals surface area contributed by atoms with Crippen LogP contribution in [0.2, 0.25) is 0 Å². The topological polar surface area (TPSA) is 47.8 Å². The van der Waals surface area contributed by atoms with Crippen LogP contribution in [0.1, 0.15) is 35.1 Å². The second-order valence-electron chi connectivity index (χ2n) is 4.58. The number of halogens is 2. The lowest BCUT2D eigenvalue weighted by atomic mass is 10.0. The SMILES string of the molecule is CCCn1ncnc1CC(=O)c1cc(C)c(F)cc1F. The highest BCUT2D eigenvalue weighted by molar-refractivity contribution is 5.97. The lowest BCUT2D eigenvalue weighted by Crippen LogP contribution is -2.13. The van der Waals surface area contributed by atoms with Crippen molar-refractivity contribution in [3.8, 4) is 0 Å². The van der Waals surface area contributed by atoms with E-state index in [0.29, 0.717) is 12.4 Å². The minimum atomic E-state index is -0.848. The monoisotopic (exact) mass is 279 g/mol. The third kappa shape index (κ3) is 2.89. The number of carbonyl (C=O) groups is 1. The van der Waals surface area contributed by atoms with E-state index in [2.05, 4.69) is 10.1 Å². The van der Waals surface area contributed by atoms with E-state index >= 15 is 0 Å². The molecule has 0 atom stereocenters. The van der Waals surface area contributed by atoms with E-state index in [4.69, 9.17) is 0 Å². The zero-order valence-electron chi connectivity index (χ0n) is 11.4. The number of Topliss-reactive ketones (excluding diaryl/α,β-unsaturated/α-hetero) is 1. The predicted octanol–water partition coefficient (Wildman–Crippen LogP) is 2.70. The largest absolute Gasteiger partial charge is 0.294 e. The first-order chi connectivity index (χ1) is 9.52. The zero-order chi connectivity index (χ0) is 14.7. The summed E-state index contributed by atoms with van der Waals surface area (Å²) in [5, 5.41) is 4.01. The Morgan fingerprint density at radius 3 is 2.75 bits per heavy atom. The molecular formula is C14H15F2N3O. The number of benzene rings is 1. The third-order valence-electron chi connectivity index (χ3n) is 3.00. The molecule has 0 amide bonds. The molecule has 0 saturated heterocycles. The van der Waals surface area contributed by atoms with Gasteiger partial charge < -0.3 is 0 Å². The molecular weight excluding hydrogens is 264 g/mol. The van der Waals surface area contributed by atoms with Gasteiger partial charge in [-0.05, 0) is 25.0 Å². The number of ketones is 1. The van der Waals surface area contributed by atoms with Crippen LogP contribution in [0.5, 0.6) is 0 Å². The van der Waals surface area contributed by atoms with Crippen molar-refractivity contribution in [2.75, 3.05) is 0 Å². The highest BCUT2D eigenvalue weighted by Gasteiger charge is 2.17. The molecule has 4 nitrogen and oxygen atoms in total. The normalized spacial score (nSPS) is 10.8. The van der Waals surface area contributed by atoms with Gasteiger partial charge in [0, 0.05) is 12.6 Å². The summed E-state index contributed by atoms with van der Waals surface area (Å²) in [6, 6.07) is 1.97. The molecule has 1 heterocycles. The summed E-state index contributed by atoms with van der Waals surface area (Å²) in [6.45, 7) is 4.12. The number of carbonyl (C=O) groups excluding carboxylic acids is 1. The molecule has 20 heavy (non-hydrogen) atoms. The van der Waals surface area contributed by atoms with Crippen LogP contribution in [0.4, 0.5) is 8.78 Å². The molecule has 106 valence electrons. The van der Waals surface area contributed by atoms with Crippen LogP contribution in [-0.2, 0) is 13.0 Å². The van der Waals surface area contributed by atoms with Crippen molar-refractivity contribution in [2.45, 2.75) is 33.2 Å². The Labute approximate surface area is 115 Å². The van der Waals surface area contributed by atoms with Gasteiger partial charge in [0.15, 0.2) is 5.78 Å². The number of rotatable bonds is 5. The number of nitrogens with zero attached hydrogens (tertiary/aromatic N) is 3. The van der Waals surface area contributed by atoms with Gasteiger partial charge >= 0.3 is 0 Å². The minimum absolute atomic E-state index is 0.0536.